The number of methoxy groups -OCH3 is 1. The molecule has 19 heavy (non-hydrogen) atoms. The minimum Gasteiger partial charge on any atom is -0.497 e. The van der Waals surface area contributed by atoms with Crippen LogP contribution in [0.15, 0.2) is 24.3 Å². The zero-order valence-corrected chi connectivity index (χ0v) is 11.5. The molecule has 2 atom stereocenters. The lowest BCUT2D eigenvalue weighted by Gasteiger charge is -2.27. The van der Waals surface area contributed by atoms with Gasteiger partial charge in [-0.3, -0.25) is 4.79 Å². The fourth-order valence-electron chi connectivity index (χ4n) is 2.59. The third-order valence-corrected chi connectivity index (χ3v) is 4.05. The van der Waals surface area contributed by atoms with Crippen LogP contribution in [0.2, 0.25) is 0 Å². The van der Waals surface area contributed by atoms with Crippen LogP contribution in [-0.4, -0.2) is 30.3 Å². The number of carbonyl (C=O) groups excluding carboxylic acids is 1. The Morgan fingerprint density at radius 1 is 1.58 bits per heavy atom. The first-order valence-corrected chi connectivity index (χ1v) is 6.70. The molecule has 104 valence electrons. The summed E-state index contributed by atoms with van der Waals surface area (Å²) in [5.74, 6) is 0.713. The standard InChI is InChI=1S/C15H21NO3/c1-11-5-4-8-15(11,18)10-16-14(17)12-6-3-7-13(9-12)19-2/h3,6-7,9,11,18H,4-5,8,10H2,1-2H3,(H,16,17). The van der Waals surface area contributed by atoms with Gasteiger partial charge in [0.1, 0.15) is 5.75 Å². The van der Waals surface area contributed by atoms with Crippen molar-refractivity contribution in [1.29, 1.82) is 0 Å². The lowest BCUT2D eigenvalue weighted by atomic mass is 9.92. The van der Waals surface area contributed by atoms with Crippen molar-refractivity contribution in [2.75, 3.05) is 13.7 Å². The number of ether oxygens (including phenoxy) is 1. The van der Waals surface area contributed by atoms with Gasteiger partial charge in [-0.05, 0) is 37.0 Å². The molecule has 0 aromatic heterocycles. The van der Waals surface area contributed by atoms with Crippen molar-refractivity contribution in [3.05, 3.63) is 29.8 Å². The molecule has 1 aromatic rings. The molecule has 4 heteroatoms. The number of aliphatic hydroxyl groups is 1. The minimum absolute atomic E-state index is 0.175. The lowest BCUT2D eigenvalue weighted by Crippen LogP contribution is -2.44. The Morgan fingerprint density at radius 3 is 3.00 bits per heavy atom. The van der Waals surface area contributed by atoms with Crippen molar-refractivity contribution < 1.29 is 14.6 Å². The summed E-state index contributed by atoms with van der Waals surface area (Å²) in [6.07, 6.45) is 2.80. The third-order valence-electron chi connectivity index (χ3n) is 4.05. The lowest BCUT2D eigenvalue weighted by molar-refractivity contribution is 0.0101. The summed E-state index contributed by atoms with van der Waals surface area (Å²) >= 11 is 0. The molecule has 0 heterocycles. The van der Waals surface area contributed by atoms with Gasteiger partial charge in [0.15, 0.2) is 0 Å². The van der Waals surface area contributed by atoms with E-state index in [0.717, 1.165) is 19.3 Å². The van der Waals surface area contributed by atoms with E-state index in [9.17, 15) is 9.90 Å². The highest BCUT2D eigenvalue weighted by Gasteiger charge is 2.38. The molecule has 2 unspecified atom stereocenters. The van der Waals surface area contributed by atoms with Crippen molar-refractivity contribution >= 4 is 5.91 Å². The minimum atomic E-state index is -0.755. The van der Waals surface area contributed by atoms with Crippen LogP contribution in [-0.2, 0) is 0 Å². The SMILES string of the molecule is COc1cccc(C(=O)NCC2(O)CCCC2C)c1. The van der Waals surface area contributed by atoms with E-state index in [1.807, 2.05) is 6.92 Å². The van der Waals surface area contributed by atoms with Gasteiger partial charge >= 0.3 is 0 Å². The van der Waals surface area contributed by atoms with Crippen molar-refractivity contribution in [2.45, 2.75) is 31.8 Å². The van der Waals surface area contributed by atoms with Crippen molar-refractivity contribution in [2.24, 2.45) is 5.92 Å². The average Bonchev–Trinajstić information content (AvgIpc) is 2.76. The quantitative estimate of drug-likeness (QED) is 0.873. The van der Waals surface area contributed by atoms with Gasteiger partial charge in [0.25, 0.3) is 5.91 Å². The van der Waals surface area contributed by atoms with Gasteiger partial charge < -0.3 is 15.2 Å². The Labute approximate surface area is 113 Å². The van der Waals surface area contributed by atoms with Gasteiger partial charge in [0.2, 0.25) is 0 Å². The van der Waals surface area contributed by atoms with E-state index in [1.165, 1.54) is 0 Å². The van der Waals surface area contributed by atoms with Crippen LogP contribution in [0.3, 0.4) is 0 Å². The molecule has 0 spiro atoms. The second kappa shape index (κ2) is 5.61. The molecule has 0 aliphatic heterocycles. The Morgan fingerprint density at radius 2 is 2.37 bits per heavy atom. The fraction of sp³-hybridized carbons (Fsp3) is 0.533. The van der Waals surface area contributed by atoms with E-state index in [2.05, 4.69) is 5.32 Å². The summed E-state index contributed by atoms with van der Waals surface area (Å²) in [6, 6.07) is 7.00. The van der Waals surface area contributed by atoms with Crippen molar-refractivity contribution in [3.63, 3.8) is 0 Å². The van der Waals surface area contributed by atoms with Gasteiger partial charge in [0.05, 0.1) is 12.7 Å². The number of nitrogens with one attached hydrogen (secondary N) is 1. The summed E-state index contributed by atoms with van der Waals surface area (Å²) in [5, 5.41) is 13.2. The molecule has 1 aliphatic carbocycles. The van der Waals surface area contributed by atoms with Crippen LogP contribution in [0.25, 0.3) is 0 Å². The molecule has 0 saturated heterocycles. The van der Waals surface area contributed by atoms with E-state index in [1.54, 1.807) is 31.4 Å². The zero-order chi connectivity index (χ0) is 13.9. The van der Waals surface area contributed by atoms with E-state index in [0.29, 0.717) is 17.9 Å². The monoisotopic (exact) mass is 263 g/mol. The topological polar surface area (TPSA) is 58.6 Å². The van der Waals surface area contributed by atoms with Crippen LogP contribution >= 0.6 is 0 Å². The molecular weight excluding hydrogens is 242 g/mol. The maximum Gasteiger partial charge on any atom is 0.251 e. The maximum atomic E-state index is 12.0. The molecular formula is C15H21NO3. The summed E-state index contributed by atoms with van der Waals surface area (Å²) < 4.78 is 5.09. The predicted molar refractivity (Wildman–Crippen MR) is 73.3 cm³/mol. The van der Waals surface area contributed by atoms with Crippen molar-refractivity contribution in [1.82, 2.24) is 5.32 Å². The van der Waals surface area contributed by atoms with Crippen LogP contribution in [0.4, 0.5) is 0 Å². The first kappa shape index (κ1) is 13.9. The summed E-state index contributed by atoms with van der Waals surface area (Å²) in [5.41, 5.74) is -0.206. The smallest absolute Gasteiger partial charge is 0.251 e. The van der Waals surface area contributed by atoms with Gasteiger partial charge in [0, 0.05) is 12.1 Å². The third kappa shape index (κ3) is 3.07. The normalized spacial score (nSPS) is 26.2. The second-order valence-corrected chi connectivity index (χ2v) is 5.31. The van der Waals surface area contributed by atoms with Crippen molar-refractivity contribution in [3.8, 4) is 5.75 Å². The molecule has 1 fully saturated rings. The number of carbonyl (C=O) groups is 1. The Bertz CT molecular complexity index is 460. The Balaban J connectivity index is 1.97. The van der Waals surface area contributed by atoms with E-state index in [4.69, 9.17) is 4.74 Å². The maximum absolute atomic E-state index is 12.0. The van der Waals surface area contributed by atoms with Crippen LogP contribution in [0.5, 0.6) is 5.75 Å². The number of hydrogen-bond acceptors (Lipinski definition) is 3. The number of rotatable bonds is 4. The highest BCUT2D eigenvalue weighted by molar-refractivity contribution is 5.94. The highest BCUT2D eigenvalue weighted by Crippen LogP contribution is 2.34. The van der Waals surface area contributed by atoms with Gasteiger partial charge in [-0.2, -0.15) is 0 Å². The molecule has 1 amide bonds. The van der Waals surface area contributed by atoms with Gasteiger partial charge in [-0.15, -0.1) is 0 Å². The number of benzene rings is 1. The molecule has 1 aliphatic rings. The van der Waals surface area contributed by atoms with Gasteiger partial charge in [-0.25, -0.2) is 0 Å². The average molecular weight is 263 g/mol. The first-order valence-electron chi connectivity index (χ1n) is 6.70. The first-order chi connectivity index (χ1) is 9.05. The predicted octanol–water partition coefficient (Wildman–Crippen LogP) is 1.98. The summed E-state index contributed by atoms with van der Waals surface area (Å²) in [4.78, 5) is 12.0. The second-order valence-electron chi connectivity index (χ2n) is 5.31. The Kier molecular flexibility index (Phi) is 4.10. The van der Waals surface area contributed by atoms with E-state index in [-0.39, 0.29) is 11.8 Å². The molecule has 1 saturated carbocycles. The largest absolute Gasteiger partial charge is 0.497 e. The number of hydrogen-bond donors (Lipinski definition) is 2. The van der Waals surface area contributed by atoms with Crippen LogP contribution < -0.4 is 10.1 Å². The molecule has 2 rings (SSSR count). The molecule has 4 nitrogen and oxygen atoms in total. The fourth-order valence-corrected chi connectivity index (χ4v) is 2.59. The van der Waals surface area contributed by atoms with E-state index >= 15 is 0 Å². The summed E-state index contributed by atoms with van der Waals surface area (Å²) in [6.45, 7) is 2.34. The number of amides is 1. The molecule has 2 N–H and O–H groups in total. The molecule has 0 bridgehead atoms. The van der Waals surface area contributed by atoms with Crippen LogP contribution in [0, 0.1) is 5.92 Å². The van der Waals surface area contributed by atoms with Crippen LogP contribution in [0.1, 0.15) is 36.5 Å². The van der Waals surface area contributed by atoms with E-state index < -0.39 is 5.60 Å². The molecule has 1 aromatic carbocycles. The van der Waals surface area contributed by atoms with Gasteiger partial charge in [-0.1, -0.05) is 19.4 Å². The molecule has 0 radical (unpaired) electrons. The summed E-state index contributed by atoms with van der Waals surface area (Å²) in [7, 11) is 1.57. The zero-order valence-electron chi connectivity index (χ0n) is 11.5. The highest BCUT2D eigenvalue weighted by atomic mass is 16.5. The Hall–Kier alpha value is -1.55.